The van der Waals surface area contributed by atoms with Crippen LogP contribution in [0.3, 0.4) is 0 Å². The number of ether oxygens (including phenoxy) is 3. The molecule has 0 aromatic heterocycles. The Kier molecular flexibility index (Phi) is 59.7. The second-order valence-corrected chi connectivity index (χ2v) is 21.7. The highest BCUT2D eigenvalue weighted by atomic mass is 16.6. The lowest BCUT2D eigenvalue weighted by molar-refractivity contribution is -0.167. The molecule has 0 saturated carbocycles. The van der Waals surface area contributed by atoms with Crippen LogP contribution in [0, 0.1) is 0 Å². The Morgan fingerprint density at radius 1 is 0.274 bits per heavy atom. The Balaban J connectivity index is 4.24. The second-order valence-electron chi connectivity index (χ2n) is 21.7. The number of hydrogen-bond donors (Lipinski definition) is 0. The normalized spacial score (nSPS) is 12.3. The van der Waals surface area contributed by atoms with Gasteiger partial charge in [-0.2, -0.15) is 0 Å². The first-order valence-corrected chi connectivity index (χ1v) is 32.1. The number of unbranched alkanes of at least 4 members (excludes halogenated alkanes) is 40. The van der Waals surface area contributed by atoms with E-state index in [0.29, 0.717) is 19.3 Å². The molecule has 0 N–H and O–H groups in total. The minimum absolute atomic E-state index is 0.0749. The number of allylic oxidation sites excluding steroid dienone is 8. The summed E-state index contributed by atoms with van der Waals surface area (Å²) in [6, 6.07) is 0. The third-order valence-corrected chi connectivity index (χ3v) is 14.3. The molecule has 0 heterocycles. The maximum atomic E-state index is 12.9. The Morgan fingerprint density at radius 3 is 0.808 bits per heavy atom. The third-order valence-electron chi connectivity index (χ3n) is 14.3. The van der Waals surface area contributed by atoms with Crippen molar-refractivity contribution < 1.29 is 28.6 Å². The van der Waals surface area contributed by atoms with Gasteiger partial charge in [0, 0.05) is 19.3 Å². The molecule has 0 saturated heterocycles. The fourth-order valence-electron chi connectivity index (χ4n) is 9.45. The first-order chi connectivity index (χ1) is 36.0. The fraction of sp³-hybridized carbons (Fsp3) is 0.836. The molecule has 0 aliphatic heterocycles. The molecule has 0 spiro atoms. The lowest BCUT2D eigenvalue weighted by atomic mass is 10.0. The molecular weight excluding hydrogens is 901 g/mol. The summed E-state index contributed by atoms with van der Waals surface area (Å²) in [5.41, 5.74) is 0. The number of carbonyl (C=O) groups is 3. The highest BCUT2D eigenvalue weighted by molar-refractivity contribution is 5.71. The summed E-state index contributed by atoms with van der Waals surface area (Å²) in [4.78, 5) is 38.2. The molecule has 6 nitrogen and oxygen atoms in total. The van der Waals surface area contributed by atoms with Gasteiger partial charge in [0.15, 0.2) is 6.10 Å². The van der Waals surface area contributed by atoms with Crippen LogP contribution in [0.4, 0.5) is 0 Å². The van der Waals surface area contributed by atoms with Crippen LogP contribution in [0.2, 0.25) is 0 Å². The van der Waals surface area contributed by atoms with E-state index in [1.807, 2.05) is 0 Å². The Labute approximate surface area is 454 Å². The lowest BCUT2D eigenvalue weighted by Crippen LogP contribution is -2.30. The largest absolute Gasteiger partial charge is 0.462 e. The van der Waals surface area contributed by atoms with Crippen LogP contribution in [0.15, 0.2) is 48.6 Å². The standard InChI is InChI=1S/C67H122O6/c1-4-7-10-13-16-19-22-24-26-28-30-31-32-33-34-35-37-38-40-42-45-48-51-54-57-60-66(69)72-63-64(62-71-65(68)59-56-53-50-47-44-21-18-15-12-9-6-3)73-67(70)61-58-55-52-49-46-43-41-39-36-29-27-25-23-20-17-14-11-8-5-2/h17,20,25,27-28,30,36,39,64H,4-16,18-19,21-24,26,29,31-35,37-38,40-63H2,1-3H3/b20-17-,27-25-,30-28-,39-36-. The molecule has 0 aliphatic carbocycles. The average molecular weight is 1020 g/mol. The van der Waals surface area contributed by atoms with Crippen molar-refractivity contribution in [1.29, 1.82) is 0 Å². The molecule has 6 heteroatoms. The molecule has 0 aromatic carbocycles. The zero-order valence-corrected chi connectivity index (χ0v) is 48.9. The fourth-order valence-corrected chi connectivity index (χ4v) is 9.45. The third kappa shape index (κ3) is 60.1. The van der Waals surface area contributed by atoms with Crippen LogP contribution in [0.1, 0.15) is 342 Å². The topological polar surface area (TPSA) is 78.9 Å². The van der Waals surface area contributed by atoms with Crippen LogP contribution in [0.25, 0.3) is 0 Å². The molecule has 1 atom stereocenters. The molecule has 0 aromatic rings. The van der Waals surface area contributed by atoms with Gasteiger partial charge in [-0.3, -0.25) is 14.4 Å². The molecule has 0 rings (SSSR count). The zero-order valence-electron chi connectivity index (χ0n) is 48.9. The van der Waals surface area contributed by atoms with Gasteiger partial charge in [-0.1, -0.05) is 288 Å². The van der Waals surface area contributed by atoms with Gasteiger partial charge >= 0.3 is 17.9 Å². The van der Waals surface area contributed by atoms with E-state index < -0.39 is 6.10 Å². The van der Waals surface area contributed by atoms with Crippen molar-refractivity contribution in [3.8, 4) is 0 Å². The van der Waals surface area contributed by atoms with E-state index >= 15 is 0 Å². The molecule has 0 aliphatic rings. The predicted molar refractivity (Wildman–Crippen MR) is 316 cm³/mol. The van der Waals surface area contributed by atoms with Gasteiger partial charge in [0.2, 0.25) is 0 Å². The van der Waals surface area contributed by atoms with E-state index in [9.17, 15) is 14.4 Å². The summed E-state index contributed by atoms with van der Waals surface area (Å²) in [6.45, 7) is 6.64. The van der Waals surface area contributed by atoms with E-state index in [0.717, 1.165) is 77.0 Å². The van der Waals surface area contributed by atoms with Crippen LogP contribution in [-0.2, 0) is 28.6 Å². The molecule has 0 radical (unpaired) electrons. The second kappa shape index (κ2) is 61.9. The predicted octanol–water partition coefficient (Wildman–Crippen LogP) is 21.8. The first kappa shape index (κ1) is 70.4. The molecule has 1 unspecified atom stereocenters. The van der Waals surface area contributed by atoms with Crippen molar-refractivity contribution in [3.05, 3.63) is 48.6 Å². The van der Waals surface area contributed by atoms with Crippen molar-refractivity contribution in [2.24, 2.45) is 0 Å². The minimum Gasteiger partial charge on any atom is -0.462 e. The van der Waals surface area contributed by atoms with Crippen molar-refractivity contribution in [2.75, 3.05) is 13.2 Å². The first-order valence-electron chi connectivity index (χ1n) is 32.1. The van der Waals surface area contributed by atoms with E-state index in [1.165, 1.54) is 225 Å². The maximum Gasteiger partial charge on any atom is 0.306 e. The van der Waals surface area contributed by atoms with Gasteiger partial charge in [-0.25, -0.2) is 0 Å². The molecule has 0 amide bonds. The highest BCUT2D eigenvalue weighted by Crippen LogP contribution is 2.17. The van der Waals surface area contributed by atoms with Crippen LogP contribution in [-0.4, -0.2) is 37.2 Å². The van der Waals surface area contributed by atoms with Crippen LogP contribution in [0.5, 0.6) is 0 Å². The summed E-state index contributed by atoms with van der Waals surface area (Å²) >= 11 is 0. The van der Waals surface area contributed by atoms with E-state index in [4.69, 9.17) is 14.2 Å². The highest BCUT2D eigenvalue weighted by Gasteiger charge is 2.19. The van der Waals surface area contributed by atoms with Crippen LogP contribution >= 0.6 is 0 Å². The summed E-state index contributed by atoms with van der Waals surface area (Å²) in [6.07, 6.45) is 76.9. The van der Waals surface area contributed by atoms with Crippen molar-refractivity contribution in [2.45, 2.75) is 348 Å². The summed E-state index contributed by atoms with van der Waals surface area (Å²) in [7, 11) is 0. The maximum absolute atomic E-state index is 12.9. The molecular formula is C67H122O6. The molecule has 426 valence electrons. The summed E-state index contributed by atoms with van der Waals surface area (Å²) < 4.78 is 16.9. The number of rotatable bonds is 59. The van der Waals surface area contributed by atoms with E-state index in [1.54, 1.807) is 0 Å². The monoisotopic (exact) mass is 1020 g/mol. The minimum atomic E-state index is -0.778. The molecule has 0 bridgehead atoms. The van der Waals surface area contributed by atoms with Crippen molar-refractivity contribution in [1.82, 2.24) is 0 Å². The number of hydrogen-bond acceptors (Lipinski definition) is 6. The smallest absolute Gasteiger partial charge is 0.306 e. The van der Waals surface area contributed by atoms with Crippen molar-refractivity contribution >= 4 is 17.9 Å². The Morgan fingerprint density at radius 2 is 0.493 bits per heavy atom. The van der Waals surface area contributed by atoms with E-state index in [2.05, 4.69) is 69.4 Å². The van der Waals surface area contributed by atoms with Crippen LogP contribution < -0.4 is 0 Å². The molecule has 0 fully saturated rings. The molecule has 73 heavy (non-hydrogen) atoms. The van der Waals surface area contributed by atoms with Gasteiger partial charge in [-0.15, -0.1) is 0 Å². The van der Waals surface area contributed by atoms with Gasteiger partial charge in [0.25, 0.3) is 0 Å². The lowest BCUT2D eigenvalue weighted by Gasteiger charge is -2.18. The quantitative estimate of drug-likeness (QED) is 0.0261. The number of esters is 3. The van der Waals surface area contributed by atoms with Gasteiger partial charge < -0.3 is 14.2 Å². The SMILES string of the molecule is CCCCC/C=C\C/C=C\C/C=C\CCCCCCCCC(=O)OC(COC(=O)CCCCCCCCCCCCC)COC(=O)CCCCCCCCCCCCCCC/C=C\CCCCCCCCCC. The van der Waals surface area contributed by atoms with Gasteiger partial charge in [0.1, 0.15) is 13.2 Å². The van der Waals surface area contributed by atoms with Crippen molar-refractivity contribution in [3.63, 3.8) is 0 Å². The Hall–Kier alpha value is -2.63. The number of carbonyl (C=O) groups excluding carboxylic acids is 3. The van der Waals surface area contributed by atoms with Gasteiger partial charge in [-0.05, 0) is 83.5 Å². The zero-order chi connectivity index (χ0) is 52.9. The van der Waals surface area contributed by atoms with Gasteiger partial charge in [0.05, 0.1) is 0 Å². The summed E-state index contributed by atoms with van der Waals surface area (Å²) in [5.74, 6) is -0.870. The summed E-state index contributed by atoms with van der Waals surface area (Å²) in [5, 5.41) is 0. The average Bonchev–Trinajstić information content (AvgIpc) is 3.39. The Bertz CT molecular complexity index is 1270. The van der Waals surface area contributed by atoms with E-state index in [-0.39, 0.29) is 31.1 Å².